The number of hydrogen-bond donors (Lipinski definition) is 1. The van der Waals surface area contributed by atoms with Gasteiger partial charge in [0.25, 0.3) is 11.8 Å². The maximum atomic E-state index is 14.3. The number of methoxy groups -OCH3 is 1. The van der Waals surface area contributed by atoms with Gasteiger partial charge in [0.15, 0.2) is 11.4 Å². The minimum absolute atomic E-state index is 0.0650. The van der Waals surface area contributed by atoms with Crippen LogP contribution in [0.1, 0.15) is 64.3 Å². The number of benzene rings is 1. The van der Waals surface area contributed by atoms with E-state index >= 15 is 0 Å². The molecule has 0 saturated carbocycles. The van der Waals surface area contributed by atoms with Crippen molar-refractivity contribution in [3.8, 4) is 5.75 Å². The maximum Gasteiger partial charge on any atom is 0.274 e. The van der Waals surface area contributed by atoms with E-state index in [1.807, 2.05) is 13.8 Å². The number of amides is 2. The van der Waals surface area contributed by atoms with Crippen molar-refractivity contribution in [2.24, 2.45) is 0 Å². The van der Waals surface area contributed by atoms with E-state index in [0.717, 1.165) is 6.07 Å². The standard InChI is InChI=1S/C22H22F2IN3O4/c1-4-27-9-12-7-10(2)17-14(19(29)20(32-3)18(22(27)31)28(12)17)21(30)26-8-11-5-6-13(23)16(25)15(11)24/h5-6,10,12H,4,7-9H2,1-3H3,(H,26,30)/t10?,12-/m1/s1. The molecule has 2 aliphatic heterocycles. The maximum absolute atomic E-state index is 14.3. The molecule has 3 heterocycles. The van der Waals surface area contributed by atoms with Crippen LogP contribution in [-0.4, -0.2) is 41.5 Å². The molecule has 0 bridgehead atoms. The molecule has 0 spiro atoms. The van der Waals surface area contributed by atoms with Crippen molar-refractivity contribution >= 4 is 34.4 Å². The molecular formula is C22H22F2IN3O4. The van der Waals surface area contributed by atoms with Crippen molar-refractivity contribution in [3.05, 3.63) is 60.1 Å². The van der Waals surface area contributed by atoms with E-state index in [-0.39, 0.29) is 50.6 Å². The van der Waals surface area contributed by atoms with Crippen LogP contribution in [0.2, 0.25) is 0 Å². The lowest BCUT2D eigenvalue weighted by Gasteiger charge is -2.34. The quantitative estimate of drug-likeness (QED) is 0.453. The number of rotatable bonds is 5. The average Bonchev–Trinajstić information content (AvgIpc) is 3.09. The SMILES string of the molecule is CCN1C[C@H]2CC(C)c3c(C(=O)NCc4ccc(F)c(I)c4F)c(=O)c(OC)c(n32)C1=O. The van der Waals surface area contributed by atoms with Gasteiger partial charge in [0.1, 0.15) is 17.2 Å². The number of carbonyl (C=O) groups excluding carboxylic acids is 2. The van der Waals surface area contributed by atoms with Crippen LogP contribution >= 0.6 is 22.6 Å². The summed E-state index contributed by atoms with van der Waals surface area (Å²) >= 11 is 1.56. The largest absolute Gasteiger partial charge is 0.491 e. The summed E-state index contributed by atoms with van der Waals surface area (Å²) in [5, 5.41) is 2.58. The summed E-state index contributed by atoms with van der Waals surface area (Å²) in [7, 11) is 1.29. The molecule has 1 aromatic carbocycles. The second-order valence-corrected chi connectivity index (χ2v) is 9.07. The Balaban J connectivity index is 1.78. The van der Waals surface area contributed by atoms with Gasteiger partial charge in [0.2, 0.25) is 5.43 Å². The first-order valence-corrected chi connectivity index (χ1v) is 11.3. The van der Waals surface area contributed by atoms with Gasteiger partial charge in [-0.1, -0.05) is 13.0 Å². The number of pyridine rings is 1. The Labute approximate surface area is 196 Å². The molecule has 170 valence electrons. The second kappa shape index (κ2) is 8.45. The molecule has 0 fully saturated rings. The summed E-state index contributed by atoms with van der Waals surface area (Å²) in [6.07, 6.45) is 0.675. The first-order valence-electron chi connectivity index (χ1n) is 10.3. The van der Waals surface area contributed by atoms with Crippen LogP contribution in [0.3, 0.4) is 0 Å². The number of halogens is 3. The monoisotopic (exact) mass is 557 g/mol. The Hall–Kier alpha value is -2.50. The van der Waals surface area contributed by atoms with E-state index in [0.29, 0.717) is 25.2 Å². The zero-order valence-electron chi connectivity index (χ0n) is 17.8. The van der Waals surface area contributed by atoms with Gasteiger partial charge in [-0.3, -0.25) is 14.4 Å². The van der Waals surface area contributed by atoms with Crippen LogP contribution in [0.15, 0.2) is 16.9 Å². The van der Waals surface area contributed by atoms with Gasteiger partial charge in [-0.05, 0) is 47.9 Å². The Morgan fingerprint density at radius 1 is 1.31 bits per heavy atom. The molecule has 0 aliphatic carbocycles. The smallest absolute Gasteiger partial charge is 0.274 e. The number of nitrogens with one attached hydrogen (secondary N) is 1. The van der Waals surface area contributed by atoms with Crippen LogP contribution in [0.5, 0.6) is 5.75 Å². The van der Waals surface area contributed by atoms with Gasteiger partial charge in [-0.15, -0.1) is 0 Å². The molecule has 4 rings (SSSR count). The van der Waals surface area contributed by atoms with E-state index in [1.165, 1.54) is 13.2 Å². The number of likely N-dealkylation sites (N-methyl/N-ethyl adjacent to an activating group) is 1. The number of nitrogens with zero attached hydrogens (tertiary/aromatic N) is 2. The van der Waals surface area contributed by atoms with E-state index < -0.39 is 23.0 Å². The highest BCUT2D eigenvalue weighted by Crippen LogP contribution is 2.43. The third-order valence-corrected chi connectivity index (χ3v) is 7.14. The Bertz CT molecular complexity index is 1200. The fourth-order valence-corrected chi connectivity index (χ4v) is 5.19. The highest BCUT2D eigenvalue weighted by atomic mass is 127. The average molecular weight is 557 g/mol. The number of hydrogen-bond acceptors (Lipinski definition) is 4. The van der Waals surface area contributed by atoms with Gasteiger partial charge in [-0.25, -0.2) is 8.78 Å². The fourth-order valence-electron chi connectivity index (χ4n) is 4.67. The summed E-state index contributed by atoms with van der Waals surface area (Å²) in [6.45, 7) is 4.55. The summed E-state index contributed by atoms with van der Waals surface area (Å²) in [5.41, 5.74) is -0.00254. The third-order valence-electron chi connectivity index (χ3n) is 6.15. The van der Waals surface area contributed by atoms with Gasteiger partial charge in [0, 0.05) is 30.9 Å². The first kappa shape index (κ1) is 22.7. The lowest BCUT2D eigenvalue weighted by molar-refractivity contribution is 0.0675. The highest BCUT2D eigenvalue weighted by molar-refractivity contribution is 14.1. The predicted octanol–water partition coefficient (Wildman–Crippen LogP) is 3.19. The molecule has 1 unspecified atom stereocenters. The molecule has 7 nitrogen and oxygen atoms in total. The molecule has 1 aromatic heterocycles. The summed E-state index contributed by atoms with van der Waals surface area (Å²) < 4.78 is 34.8. The fraction of sp³-hybridized carbons (Fsp3) is 0.409. The zero-order chi connectivity index (χ0) is 23.3. The molecule has 32 heavy (non-hydrogen) atoms. The van der Waals surface area contributed by atoms with E-state index in [4.69, 9.17) is 4.74 Å². The van der Waals surface area contributed by atoms with Crippen LogP contribution < -0.4 is 15.5 Å². The van der Waals surface area contributed by atoms with Crippen LogP contribution in [0.4, 0.5) is 8.78 Å². The van der Waals surface area contributed by atoms with E-state index in [2.05, 4.69) is 5.32 Å². The van der Waals surface area contributed by atoms with Crippen LogP contribution in [-0.2, 0) is 6.54 Å². The molecule has 0 saturated heterocycles. The van der Waals surface area contributed by atoms with Crippen LogP contribution in [0, 0.1) is 15.2 Å². The predicted molar refractivity (Wildman–Crippen MR) is 121 cm³/mol. The van der Waals surface area contributed by atoms with Crippen LogP contribution in [0.25, 0.3) is 0 Å². The summed E-state index contributed by atoms with van der Waals surface area (Å²) in [4.78, 5) is 41.1. The summed E-state index contributed by atoms with van der Waals surface area (Å²) in [6, 6.07) is 2.31. The Kier molecular flexibility index (Phi) is 5.99. The normalized spacial score (nSPS) is 19.2. The molecule has 1 N–H and O–H groups in total. The Morgan fingerprint density at radius 3 is 2.69 bits per heavy atom. The molecular weight excluding hydrogens is 535 g/mol. The minimum atomic E-state index is -0.756. The van der Waals surface area contributed by atoms with Gasteiger partial charge < -0.3 is 19.5 Å². The van der Waals surface area contributed by atoms with E-state index in [1.54, 1.807) is 32.1 Å². The molecule has 2 aliphatic rings. The zero-order valence-corrected chi connectivity index (χ0v) is 20.0. The van der Waals surface area contributed by atoms with E-state index in [9.17, 15) is 23.2 Å². The molecule has 2 atom stereocenters. The minimum Gasteiger partial charge on any atom is -0.491 e. The second-order valence-electron chi connectivity index (χ2n) is 7.99. The van der Waals surface area contributed by atoms with Gasteiger partial charge in [-0.2, -0.15) is 0 Å². The molecule has 2 amide bonds. The number of carbonyl (C=O) groups is 2. The third kappa shape index (κ3) is 3.39. The van der Waals surface area contributed by atoms with Crippen molar-refractivity contribution in [1.29, 1.82) is 0 Å². The topological polar surface area (TPSA) is 80.6 Å². The molecule has 2 aromatic rings. The van der Waals surface area contributed by atoms with Crippen molar-refractivity contribution in [2.45, 2.75) is 38.8 Å². The van der Waals surface area contributed by atoms with Gasteiger partial charge >= 0.3 is 0 Å². The van der Waals surface area contributed by atoms with Crippen molar-refractivity contribution in [1.82, 2.24) is 14.8 Å². The van der Waals surface area contributed by atoms with Gasteiger partial charge in [0.05, 0.1) is 16.7 Å². The Morgan fingerprint density at radius 2 is 2.03 bits per heavy atom. The highest BCUT2D eigenvalue weighted by Gasteiger charge is 2.43. The van der Waals surface area contributed by atoms with Crippen molar-refractivity contribution < 1.29 is 23.1 Å². The lowest BCUT2D eigenvalue weighted by atomic mass is 9.99. The number of ether oxygens (including phenoxy) is 1. The molecule has 10 heteroatoms. The van der Waals surface area contributed by atoms with Crippen molar-refractivity contribution in [2.75, 3.05) is 20.2 Å². The first-order chi connectivity index (χ1) is 15.2. The number of aromatic nitrogens is 1. The molecule has 0 radical (unpaired) electrons. The van der Waals surface area contributed by atoms with Crippen molar-refractivity contribution in [3.63, 3.8) is 0 Å². The lowest BCUT2D eigenvalue weighted by Crippen LogP contribution is -2.44. The summed E-state index contributed by atoms with van der Waals surface area (Å²) in [5.74, 6) is -2.73.